The molecule has 0 radical (unpaired) electrons. The largest absolute Gasteiger partial charge is 0.502 e. The first-order valence-corrected chi connectivity index (χ1v) is 17.6. The Kier molecular flexibility index (Phi) is 10.0. The molecule has 0 spiro atoms. The number of aliphatic hydroxyl groups excluding tert-OH is 3. The van der Waals surface area contributed by atoms with Gasteiger partial charge >= 0.3 is 17.9 Å². The summed E-state index contributed by atoms with van der Waals surface area (Å²) in [6.07, 6.45) is 2.32. The molecule has 6 rings (SSSR count). The number of aliphatic hydroxyl groups is 3. The highest BCUT2D eigenvalue weighted by Gasteiger charge is 2.70. The number of hydrogen-bond acceptors (Lipinski definition) is 12. The Morgan fingerprint density at radius 3 is 2.50 bits per heavy atom. The standard InChI is InChI=1S/C37H51NO12/c1-19-9-11-24-35(4,30(19)29-31(41)34(44)50-33(29)43)14-13-25-36(24,5)26(40)16-27(49-21(3)39)37(25,18-47-32(42)22-8-7-15-38-22)17-46-28-12-10-23(45-6)20(2)48-28/h7-9,15,20,23-28,30,33,38,40-41,43H,10-14,16-18H2,1-6H3/t20-,23+,24+,25-,26-,27+,28+,30-,33?,35+,36-,37?/m0/s1. The maximum Gasteiger partial charge on any atom is 0.376 e. The lowest BCUT2D eigenvalue weighted by Gasteiger charge is -2.68. The molecule has 13 heteroatoms. The highest BCUT2D eigenvalue weighted by Crippen LogP contribution is 2.70. The minimum Gasteiger partial charge on any atom is -0.502 e. The number of nitrogens with one attached hydrogen (secondary N) is 1. The van der Waals surface area contributed by atoms with Gasteiger partial charge in [-0.15, -0.1) is 0 Å². The van der Waals surface area contributed by atoms with Crippen molar-refractivity contribution in [2.24, 2.45) is 34.0 Å². The van der Waals surface area contributed by atoms with Crippen LogP contribution in [0.4, 0.5) is 0 Å². The van der Waals surface area contributed by atoms with Gasteiger partial charge in [0.2, 0.25) is 12.0 Å². The number of aromatic amines is 1. The summed E-state index contributed by atoms with van der Waals surface area (Å²) in [7, 11) is 1.65. The molecule has 0 bridgehead atoms. The molecule has 2 unspecified atom stereocenters. The lowest BCUT2D eigenvalue weighted by Crippen LogP contribution is -2.69. The maximum absolute atomic E-state index is 13.3. The van der Waals surface area contributed by atoms with Gasteiger partial charge in [0, 0.05) is 44.4 Å². The van der Waals surface area contributed by atoms with Crippen molar-refractivity contribution in [3.63, 3.8) is 0 Å². The Morgan fingerprint density at radius 2 is 1.88 bits per heavy atom. The monoisotopic (exact) mass is 701 g/mol. The number of rotatable bonds is 9. The Hall–Kier alpha value is -3.23. The van der Waals surface area contributed by atoms with Crippen LogP contribution in [0.15, 0.2) is 41.3 Å². The second-order valence-corrected chi connectivity index (χ2v) is 15.4. The van der Waals surface area contributed by atoms with Gasteiger partial charge in [0.15, 0.2) is 6.29 Å². The third kappa shape index (κ3) is 5.98. The minimum atomic E-state index is -1.59. The summed E-state index contributed by atoms with van der Waals surface area (Å²) < 4.78 is 35.5. The van der Waals surface area contributed by atoms with Crippen LogP contribution >= 0.6 is 0 Å². The fourth-order valence-electron chi connectivity index (χ4n) is 10.5. The van der Waals surface area contributed by atoms with Gasteiger partial charge in [-0.3, -0.25) is 4.79 Å². The Morgan fingerprint density at radius 1 is 1.12 bits per heavy atom. The highest BCUT2D eigenvalue weighted by molar-refractivity contribution is 5.89. The molecule has 1 saturated heterocycles. The van der Waals surface area contributed by atoms with Gasteiger partial charge in [0.1, 0.15) is 18.4 Å². The average molecular weight is 702 g/mol. The fraction of sp³-hybridized carbons (Fsp3) is 0.703. The van der Waals surface area contributed by atoms with Gasteiger partial charge < -0.3 is 48.7 Å². The first-order valence-electron chi connectivity index (χ1n) is 17.6. The number of aromatic nitrogens is 1. The highest BCUT2D eigenvalue weighted by atomic mass is 16.7. The third-order valence-electron chi connectivity index (χ3n) is 12.8. The normalized spacial score (nSPS) is 41.5. The smallest absolute Gasteiger partial charge is 0.376 e. The van der Waals surface area contributed by atoms with E-state index in [0.717, 1.165) is 12.0 Å². The number of esters is 3. The summed E-state index contributed by atoms with van der Waals surface area (Å²) in [4.78, 5) is 41.3. The van der Waals surface area contributed by atoms with Crippen LogP contribution in [0.25, 0.3) is 0 Å². The van der Waals surface area contributed by atoms with Gasteiger partial charge in [0.25, 0.3) is 0 Å². The Labute approximate surface area is 292 Å². The van der Waals surface area contributed by atoms with Crippen molar-refractivity contribution in [3.8, 4) is 0 Å². The summed E-state index contributed by atoms with van der Waals surface area (Å²) >= 11 is 0. The fourth-order valence-corrected chi connectivity index (χ4v) is 10.5. The van der Waals surface area contributed by atoms with Crippen LogP contribution in [0, 0.1) is 34.0 Å². The predicted octanol–water partition coefficient (Wildman–Crippen LogP) is 4.10. The summed E-state index contributed by atoms with van der Waals surface area (Å²) in [5.74, 6) is -3.84. The molecule has 12 atom stereocenters. The maximum atomic E-state index is 13.3. The quantitative estimate of drug-likeness (QED) is 0.165. The number of hydrogen-bond donors (Lipinski definition) is 4. The summed E-state index contributed by atoms with van der Waals surface area (Å²) in [5, 5.41) is 33.9. The number of carbonyl (C=O) groups is 3. The van der Waals surface area contributed by atoms with Crippen LogP contribution < -0.4 is 0 Å². The zero-order valence-corrected chi connectivity index (χ0v) is 29.7. The van der Waals surface area contributed by atoms with Crippen LogP contribution in [0.5, 0.6) is 0 Å². The van der Waals surface area contributed by atoms with Crippen molar-refractivity contribution in [2.75, 3.05) is 20.3 Å². The molecule has 0 aromatic carbocycles. The van der Waals surface area contributed by atoms with Crippen molar-refractivity contribution in [2.45, 2.75) is 110 Å². The molecule has 1 aromatic rings. The topological polar surface area (TPSA) is 183 Å². The summed E-state index contributed by atoms with van der Waals surface area (Å²) in [6.45, 7) is 9.13. The number of carbonyl (C=O) groups excluding carboxylic acids is 3. The molecule has 4 N–H and O–H groups in total. The van der Waals surface area contributed by atoms with Crippen molar-refractivity contribution in [3.05, 3.63) is 47.0 Å². The average Bonchev–Trinajstić information content (AvgIpc) is 3.69. The van der Waals surface area contributed by atoms with E-state index in [1.54, 1.807) is 25.4 Å². The molecule has 2 saturated carbocycles. The van der Waals surface area contributed by atoms with Gasteiger partial charge in [-0.05, 0) is 68.9 Å². The number of methoxy groups -OCH3 is 1. The van der Waals surface area contributed by atoms with E-state index in [0.29, 0.717) is 25.7 Å². The lowest BCUT2D eigenvalue weighted by atomic mass is 9.38. The van der Waals surface area contributed by atoms with E-state index < -0.39 is 76.5 Å². The van der Waals surface area contributed by atoms with Crippen LogP contribution in [-0.2, 0) is 38.0 Å². The number of allylic oxidation sites excluding steroid dienone is 2. The van der Waals surface area contributed by atoms with Crippen LogP contribution in [0.3, 0.4) is 0 Å². The second kappa shape index (κ2) is 13.7. The first-order chi connectivity index (χ1) is 23.7. The predicted molar refractivity (Wildman–Crippen MR) is 176 cm³/mol. The molecular weight excluding hydrogens is 650 g/mol. The SMILES string of the molecule is CO[C@@H]1CC[C@H](OCC2(COC(=O)c3ccc[nH]3)[C@H]3CC[C@@]4(C)[C@H](C5=C(O)C(=O)OC5O)C(C)=CC[C@H]4[C@]3(C)[C@@H](O)C[C@H]2OC(C)=O)O[C@H]1C. The number of cyclic esters (lactones) is 1. The van der Waals surface area contributed by atoms with Crippen molar-refractivity contribution in [1.82, 2.24) is 4.98 Å². The zero-order valence-electron chi connectivity index (χ0n) is 29.7. The van der Waals surface area contributed by atoms with Gasteiger partial charge in [-0.2, -0.15) is 0 Å². The number of fused-ring (bicyclic) bond motifs is 3. The molecule has 3 heterocycles. The lowest BCUT2D eigenvalue weighted by molar-refractivity contribution is -0.285. The summed E-state index contributed by atoms with van der Waals surface area (Å²) in [6, 6.07) is 3.32. The molecule has 13 nitrogen and oxygen atoms in total. The van der Waals surface area contributed by atoms with Crippen molar-refractivity contribution in [1.29, 1.82) is 0 Å². The molecule has 1 aromatic heterocycles. The molecule has 50 heavy (non-hydrogen) atoms. The van der Waals surface area contributed by atoms with Crippen molar-refractivity contribution < 1.29 is 58.1 Å². The van der Waals surface area contributed by atoms with Crippen LogP contribution in [0.2, 0.25) is 0 Å². The molecular formula is C37H51NO12. The molecule has 2 aliphatic heterocycles. The van der Waals surface area contributed by atoms with E-state index in [1.807, 2.05) is 26.8 Å². The molecule has 5 aliphatic rings. The Balaban J connectivity index is 1.42. The van der Waals surface area contributed by atoms with E-state index in [-0.39, 0.29) is 49.0 Å². The number of H-pyrrole nitrogens is 1. The van der Waals surface area contributed by atoms with Crippen LogP contribution in [-0.4, -0.2) is 95.5 Å². The first kappa shape index (κ1) is 36.6. The molecule has 3 aliphatic carbocycles. The van der Waals surface area contributed by atoms with Gasteiger partial charge in [-0.25, -0.2) is 9.59 Å². The second-order valence-electron chi connectivity index (χ2n) is 15.4. The van der Waals surface area contributed by atoms with Crippen LogP contribution in [0.1, 0.15) is 83.6 Å². The Bertz CT molecular complexity index is 1520. The van der Waals surface area contributed by atoms with E-state index in [4.69, 9.17) is 28.4 Å². The van der Waals surface area contributed by atoms with E-state index in [2.05, 4.69) is 11.9 Å². The number of ether oxygens (including phenoxy) is 6. The van der Waals surface area contributed by atoms with Crippen molar-refractivity contribution >= 4 is 17.9 Å². The minimum absolute atomic E-state index is 0.0136. The van der Waals surface area contributed by atoms with Gasteiger partial charge in [0.05, 0.1) is 35.9 Å². The van der Waals surface area contributed by atoms with Gasteiger partial charge in [-0.1, -0.05) is 25.5 Å². The third-order valence-corrected chi connectivity index (χ3v) is 12.8. The summed E-state index contributed by atoms with van der Waals surface area (Å²) in [5.41, 5.74) is -1.32. The molecule has 3 fully saturated rings. The molecule has 0 amide bonds. The molecule has 276 valence electrons. The van der Waals surface area contributed by atoms with E-state index in [9.17, 15) is 29.7 Å². The van der Waals surface area contributed by atoms with E-state index >= 15 is 0 Å². The van der Waals surface area contributed by atoms with E-state index in [1.165, 1.54) is 6.92 Å². The zero-order chi connectivity index (χ0) is 36.2.